The molecule has 3 aromatic carbocycles. The molecule has 0 radical (unpaired) electrons. The minimum atomic E-state index is -0.690. The van der Waals surface area contributed by atoms with E-state index in [0.717, 1.165) is 16.9 Å². The maximum absolute atomic E-state index is 13.7. The average Bonchev–Trinajstić information content (AvgIpc) is 3.51. The van der Waals surface area contributed by atoms with Gasteiger partial charge >= 0.3 is 10.8 Å². The van der Waals surface area contributed by atoms with Gasteiger partial charge in [0, 0.05) is 16.5 Å². The molecule has 6 rings (SSSR count). The number of aromatic nitrogens is 1. The zero-order chi connectivity index (χ0) is 30.1. The number of imide groups is 1. The fourth-order valence-corrected chi connectivity index (χ4v) is 7.74. The Morgan fingerprint density at radius 1 is 0.930 bits per heavy atom. The van der Waals surface area contributed by atoms with Crippen LogP contribution in [0, 0.1) is 5.92 Å². The van der Waals surface area contributed by atoms with Crippen molar-refractivity contribution in [1.82, 2.24) is 4.98 Å². The van der Waals surface area contributed by atoms with Crippen LogP contribution in [-0.2, 0) is 19.1 Å². The minimum Gasteiger partial charge on any atom is -0.484 e. The number of aromatic amines is 1. The number of hydrogen-bond acceptors (Lipinski definition) is 9. The summed E-state index contributed by atoms with van der Waals surface area (Å²) in [7, 11) is 0. The lowest BCUT2D eigenvalue weighted by molar-refractivity contribution is -0.122. The summed E-state index contributed by atoms with van der Waals surface area (Å²) in [4.78, 5) is 68.3. The number of carbonyl (C=O) groups excluding carboxylic acids is 4. The average molecular weight is 616 g/mol. The Morgan fingerprint density at radius 3 is 2.35 bits per heavy atom. The van der Waals surface area contributed by atoms with Gasteiger partial charge in [-0.15, -0.1) is 0 Å². The lowest BCUT2D eigenvalue weighted by Crippen LogP contribution is -2.32. The first kappa shape index (κ1) is 28.4. The summed E-state index contributed by atoms with van der Waals surface area (Å²) >= 11 is 2.27. The van der Waals surface area contributed by atoms with Gasteiger partial charge in [0.2, 0.25) is 11.8 Å². The molecular weight excluding hydrogens is 590 g/mol. The van der Waals surface area contributed by atoms with Crippen LogP contribution in [0.5, 0.6) is 5.75 Å². The molecule has 218 valence electrons. The number of carbonyl (C=O) groups is 4. The first-order valence-corrected chi connectivity index (χ1v) is 15.2. The number of nitrogens with zero attached hydrogens (tertiary/aromatic N) is 1. The summed E-state index contributed by atoms with van der Waals surface area (Å²) < 4.78 is 10.6. The third-order valence-corrected chi connectivity index (χ3v) is 9.53. The highest BCUT2D eigenvalue weighted by Gasteiger charge is 2.56. The van der Waals surface area contributed by atoms with E-state index in [4.69, 9.17) is 9.47 Å². The van der Waals surface area contributed by atoms with Gasteiger partial charge in [-0.05, 0) is 61.0 Å². The molecule has 2 aliphatic heterocycles. The molecule has 4 aromatic rings. The number of thioether (sulfide) groups is 1. The van der Waals surface area contributed by atoms with E-state index in [1.54, 1.807) is 79.7 Å². The van der Waals surface area contributed by atoms with Gasteiger partial charge in [0.1, 0.15) is 11.0 Å². The van der Waals surface area contributed by atoms with Crippen molar-refractivity contribution in [2.45, 2.75) is 23.1 Å². The number of thiazole rings is 1. The molecule has 3 heterocycles. The molecule has 12 heteroatoms. The molecular formula is C31H25N3O7S2. The fraction of sp³-hybridized carbons (Fsp3) is 0.194. The normalized spacial score (nSPS) is 19.0. The number of anilines is 2. The summed E-state index contributed by atoms with van der Waals surface area (Å²) in [6.45, 7) is 1.74. The van der Waals surface area contributed by atoms with Crippen molar-refractivity contribution in [2.75, 3.05) is 23.4 Å². The predicted molar refractivity (Wildman–Crippen MR) is 162 cm³/mol. The van der Waals surface area contributed by atoms with E-state index in [1.807, 2.05) is 6.07 Å². The van der Waals surface area contributed by atoms with Crippen LogP contribution in [0.2, 0.25) is 0 Å². The Kier molecular flexibility index (Phi) is 7.87. The number of nitrogens with one attached hydrogen (secondary N) is 2. The molecule has 0 saturated carbocycles. The predicted octanol–water partition coefficient (Wildman–Crippen LogP) is 4.43. The van der Waals surface area contributed by atoms with Crippen LogP contribution in [0.1, 0.15) is 33.6 Å². The highest BCUT2D eigenvalue weighted by Crippen LogP contribution is 2.53. The number of H-pyrrole nitrogens is 1. The lowest BCUT2D eigenvalue weighted by Gasteiger charge is -2.29. The summed E-state index contributed by atoms with van der Waals surface area (Å²) in [6, 6.07) is 22.1. The van der Waals surface area contributed by atoms with Crippen molar-refractivity contribution >= 4 is 58.2 Å². The molecule has 0 spiro atoms. The number of fused-ring (bicyclic) bond motifs is 2. The van der Waals surface area contributed by atoms with Crippen LogP contribution >= 0.6 is 23.1 Å². The second-order valence-corrected chi connectivity index (χ2v) is 12.0. The second-order valence-electron chi connectivity index (χ2n) is 9.80. The molecule has 3 amide bonds. The van der Waals surface area contributed by atoms with Crippen LogP contribution in [-0.4, -0.2) is 47.1 Å². The van der Waals surface area contributed by atoms with Gasteiger partial charge in [-0.3, -0.25) is 19.2 Å². The van der Waals surface area contributed by atoms with Crippen LogP contribution in [0.25, 0.3) is 0 Å². The van der Waals surface area contributed by atoms with E-state index in [2.05, 4.69) is 10.3 Å². The molecule has 1 aromatic heterocycles. The molecule has 1 fully saturated rings. The quantitative estimate of drug-likeness (QED) is 0.220. The Hall–Kier alpha value is -4.68. The SMILES string of the molecule is CCOC(=O)c1ccc(NC(=O)COc2ccc([C@@H]3c4sc(=O)[nH]c4S[C@H]4C(=O)N(c5ccccc5)C(=O)[C@@H]34)cc2)cc1. The number of hydrogen-bond donors (Lipinski definition) is 2. The van der Waals surface area contributed by atoms with Gasteiger partial charge in [0.15, 0.2) is 6.61 Å². The molecule has 0 unspecified atom stereocenters. The highest BCUT2D eigenvalue weighted by molar-refractivity contribution is 8.00. The monoisotopic (exact) mass is 615 g/mol. The van der Waals surface area contributed by atoms with E-state index in [-0.39, 0.29) is 29.9 Å². The van der Waals surface area contributed by atoms with Crippen molar-refractivity contribution < 1.29 is 28.7 Å². The fourth-order valence-electron chi connectivity index (χ4n) is 5.23. The third kappa shape index (κ3) is 5.58. The van der Waals surface area contributed by atoms with E-state index in [9.17, 15) is 24.0 Å². The number of benzene rings is 3. The Labute approximate surface area is 254 Å². The van der Waals surface area contributed by atoms with Crippen molar-refractivity contribution in [1.29, 1.82) is 0 Å². The number of rotatable bonds is 8. The van der Waals surface area contributed by atoms with E-state index in [1.165, 1.54) is 16.7 Å². The Morgan fingerprint density at radius 2 is 1.65 bits per heavy atom. The first-order valence-electron chi connectivity index (χ1n) is 13.5. The largest absolute Gasteiger partial charge is 0.484 e. The second kappa shape index (κ2) is 11.9. The van der Waals surface area contributed by atoms with Gasteiger partial charge in [0.25, 0.3) is 5.91 Å². The van der Waals surface area contributed by atoms with Crippen molar-refractivity contribution in [3.63, 3.8) is 0 Å². The number of esters is 1. The summed E-state index contributed by atoms with van der Waals surface area (Å²) in [5, 5.41) is 2.64. The summed E-state index contributed by atoms with van der Waals surface area (Å²) in [6.07, 6.45) is 0. The minimum absolute atomic E-state index is 0.246. The summed E-state index contributed by atoms with van der Waals surface area (Å²) in [5.74, 6) is -2.21. The molecule has 2 N–H and O–H groups in total. The molecule has 0 bridgehead atoms. The smallest absolute Gasteiger partial charge is 0.338 e. The standard InChI is InChI=1S/C31H25N3O7S2/c1-2-40-30(38)18-8-12-19(13-9-18)32-22(35)16-41-21-14-10-17(11-15-21)23-24-26(42-27-25(23)43-31(39)33-27)29(37)34(28(24)36)20-6-4-3-5-7-20/h3-15,23-24,26H,2,16H2,1H3,(H,32,35)(H,33,39)/t23-,24-,26+/m0/s1. The van der Waals surface area contributed by atoms with E-state index >= 15 is 0 Å². The third-order valence-electron chi connectivity index (χ3n) is 7.13. The maximum atomic E-state index is 13.7. The molecule has 43 heavy (non-hydrogen) atoms. The molecule has 0 aliphatic carbocycles. The lowest BCUT2D eigenvalue weighted by atomic mass is 9.83. The first-order chi connectivity index (χ1) is 20.8. The number of ether oxygens (including phenoxy) is 2. The highest BCUT2D eigenvalue weighted by atomic mass is 32.2. The molecule has 2 aliphatic rings. The van der Waals surface area contributed by atoms with Gasteiger partial charge in [-0.2, -0.15) is 0 Å². The van der Waals surface area contributed by atoms with Gasteiger partial charge < -0.3 is 19.8 Å². The van der Waals surface area contributed by atoms with E-state index < -0.39 is 29.0 Å². The topological polar surface area (TPSA) is 135 Å². The summed E-state index contributed by atoms with van der Waals surface area (Å²) in [5.41, 5.74) is 2.15. The number of amides is 3. The van der Waals surface area contributed by atoms with Gasteiger partial charge in [-0.1, -0.05) is 53.4 Å². The van der Waals surface area contributed by atoms with E-state index in [0.29, 0.717) is 32.6 Å². The maximum Gasteiger partial charge on any atom is 0.338 e. The van der Waals surface area contributed by atoms with Crippen molar-refractivity contribution in [3.05, 3.63) is 105 Å². The van der Waals surface area contributed by atoms with Crippen molar-refractivity contribution in [2.24, 2.45) is 5.92 Å². The van der Waals surface area contributed by atoms with Crippen LogP contribution in [0.4, 0.5) is 11.4 Å². The van der Waals surface area contributed by atoms with Crippen LogP contribution < -0.4 is 19.8 Å². The van der Waals surface area contributed by atoms with Crippen LogP contribution in [0.15, 0.2) is 88.7 Å². The molecule has 3 atom stereocenters. The van der Waals surface area contributed by atoms with Gasteiger partial charge in [0.05, 0.1) is 28.8 Å². The Balaban J connectivity index is 1.17. The zero-order valence-electron chi connectivity index (χ0n) is 22.8. The number of para-hydroxylation sites is 1. The van der Waals surface area contributed by atoms with Crippen molar-refractivity contribution in [3.8, 4) is 5.75 Å². The Bertz CT molecular complexity index is 1750. The van der Waals surface area contributed by atoms with Gasteiger partial charge in [-0.25, -0.2) is 9.69 Å². The van der Waals surface area contributed by atoms with Crippen LogP contribution in [0.3, 0.4) is 0 Å². The molecule has 1 saturated heterocycles. The molecule has 10 nitrogen and oxygen atoms in total. The zero-order valence-corrected chi connectivity index (χ0v) is 24.4.